The molecule has 0 radical (unpaired) electrons. The van der Waals surface area contributed by atoms with Crippen LogP contribution in [0.1, 0.15) is 12.6 Å². The van der Waals surface area contributed by atoms with Crippen molar-refractivity contribution in [1.82, 2.24) is 15.0 Å². The largest absolute Gasteiger partial charge is 0.308 e. The number of anilines is 1. The van der Waals surface area contributed by atoms with E-state index in [1.54, 1.807) is 6.20 Å². The number of nitrogens with one attached hydrogen (secondary N) is 1. The molecule has 3 rings (SSSR count). The van der Waals surface area contributed by atoms with Gasteiger partial charge in [0.15, 0.2) is 5.82 Å². The summed E-state index contributed by atoms with van der Waals surface area (Å²) in [5, 5.41) is 1.07. The zero-order valence-corrected chi connectivity index (χ0v) is 11.2. The van der Waals surface area contributed by atoms with Gasteiger partial charge in [0.1, 0.15) is 5.82 Å². The third kappa shape index (κ3) is 2.31. The van der Waals surface area contributed by atoms with Gasteiger partial charge in [0.05, 0.1) is 5.52 Å². The van der Waals surface area contributed by atoms with Crippen LogP contribution < -0.4 is 11.3 Å². The predicted octanol–water partition coefficient (Wildman–Crippen LogP) is 2.54. The van der Waals surface area contributed by atoms with E-state index in [0.29, 0.717) is 11.6 Å². The van der Waals surface area contributed by atoms with E-state index in [0.717, 1.165) is 28.6 Å². The first-order valence-electron chi connectivity index (χ1n) is 6.50. The number of rotatable bonds is 3. The highest BCUT2D eigenvalue weighted by atomic mass is 15.3. The summed E-state index contributed by atoms with van der Waals surface area (Å²) in [4.78, 5) is 13.4. The first-order chi connectivity index (χ1) is 9.80. The van der Waals surface area contributed by atoms with Crippen molar-refractivity contribution in [2.24, 2.45) is 5.84 Å². The molecule has 5 heteroatoms. The van der Waals surface area contributed by atoms with E-state index in [4.69, 9.17) is 5.84 Å². The molecule has 3 aromatic rings. The number of aromatic nitrogens is 3. The van der Waals surface area contributed by atoms with E-state index in [-0.39, 0.29) is 0 Å². The molecule has 0 amide bonds. The highest BCUT2D eigenvalue weighted by Crippen LogP contribution is 2.21. The molecule has 0 atom stereocenters. The van der Waals surface area contributed by atoms with Gasteiger partial charge in [-0.2, -0.15) is 0 Å². The minimum Gasteiger partial charge on any atom is -0.308 e. The molecule has 0 bridgehead atoms. The van der Waals surface area contributed by atoms with Crippen molar-refractivity contribution < 1.29 is 0 Å². The second kappa shape index (κ2) is 5.22. The number of hydrogen-bond donors (Lipinski definition) is 2. The normalized spacial score (nSPS) is 10.7. The molecule has 0 saturated heterocycles. The van der Waals surface area contributed by atoms with Crippen molar-refractivity contribution in [3.8, 4) is 11.4 Å². The van der Waals surface area contributed by atoms with Gasteiger partial charge in [0, 0.05) is 28.9 Å². The van der Waals surface area contributed by atoms with Gasteiger partial charge in [-0.1, -0.05) is 25.1 Å². The maximum absolute atomic E-state index is 5.46. The number of nitrogens with zero attached hydrogens (tertiary/aromatic N) is 3. The molecule has 0 spiro atoms. The molecule has 20 heavy (non-hydrogen) atoms. The number of aryl methyl sites for hydroxylation is 1. The first-order valence-corrected chi connectivity index (χ1v) is 6.50. The summed E-state index contributed by atoms with van der Waals surface area (Å²) in [6, 6.07) is 11.9. The highest BCUT2D eigenvalue weighted by molar-refractivity contribution is 5.82. The molecule has 2 aromatic heterocycles. The van der Waals surface area contributed by atoms with Gasteiger partial charge in [-0.05, 0) is 18.6 Å². The predicted molar refractivity (Wildman–Crippen MR) is 80.0 cm³/mol. The fraction of sp³-hybridized carbons (Fsp3) is 0.133. The lowest BCUT2D eigenvalue weighted by Gasteiger charge is -2.07. The molecule has 5 nitrogen and oxygen atoms in total. The van der Waals surface area contributed by atoms with Crippen LogP contribution in [0.5, 0.6) is 0 Å². The molecule has 0 aliphatic carbocycles. The van der Waals surface area contributed by atoms with Gasteiger partial charge >= 0.3 is 0 Å². The molecule has 100 valence electrons. The molecule has 2 heterocycles. The smallest absolute Gasteiger partial charge is 0.163 e. The van der Waals surface area contributed by atoms with Crippen molar-refractivity contribution in [2.75, 3.05) is 5.43 Å². The summed E-state index contributed by atoms with van der Waals surface area (Å²) >= 11 is 0. The molecular weight excluding hydrogens is 250 g/mol. The summed E-state index contributed by atoms with van der Waals surface area (Å²) in [6.45, 7) is 2.05. The van der Waals surface area contributed by atoms with Crippen LogP contribution in [0.25, 0.3) is 22.3 Å². The van der Waals surface area contributed by atoms with E-state index in [9.17, 15) is 0 Å². The molecule has 0 unspecified atom stereocenters. The number of benzene rings is 1. The minimum atomic E-state index is 0.611. The van der Waals surface area contributed by atoms with Gasteiger partial charge in [-0.15, -0.1) is 0 Å². The van der Waals surface area contributed by atoms with Gasteiger partial charge in [-0.25, -0.2) is 15.8 Å². The molecule has 0 aliphatic heterocycles. The Balaban J connectivity index is 2.14. The van der Waals surface area contributed by atoms with Gasteiger partial charge in [0.2, 0.25) is 0 Å². The van der Waals surface area contributed by atoms with Crippen molar-refractivity contribution in [3.05, 3.63) is 48.3 Å². The van der Waals surface area contributed by atoms with Crippen LogP contribution in [-0.2, 0) is 6.42 Å². The zero-order valence-electron chi connectivity index (χ0n) is 11.2. The van der Waals surface area contributed by atoms with Crippen LogP contribution in [-0.4, -0.2) is 15.0 Å². The second-order valence-corrected chi connectivity index (χ2v) is 4.48. The van der Waals surface area contributed by atoms with Crippen molar-refractivity contribution in [1.29, 1.82) is 0 Å². The monoisotopic (exact) mass is 265 g/mol. The van der Waals surface area contributed by atoms with E-state index in [2.05, 4.69) is 20.4 Å². The summed E-state index contributed by atoms with van der Waals surface area (Å²) in [5.41, 5.74) is 5.36. The Morgan fingerprint density at radius 2 is 2.00 bits per heavy atom. The number of hydrazine groups is 1. The maximum atomic E-state index is 5.46. The van der Waals surface area contributed by atoms with Gasteiger partial charge < -0.3 is 5.43 Å². The van der Waals surface area contributed by atoms with Crippen LogP contribution >= 0.6 is 0 Å². The molecule has 1 aromatic carbocycles. The second-order valence-electron chi connectivity index (χ2n) is 4.48. The molecule has 0 saturated carbocycles. The number of pyridine rings is 1. The first kappa shape index (κ1) is 12.5. The van der Waals surface area contributed by atoms with Crippen molar-refractivity contribution in [2.45, 2.75) is 13.3 Å². The van der Waals surface area contributed by atoms with Crippen molar-refractivity contribution >= 4 is 16.7 Å². The lowest BCUT2D eigenvalue weighted by atomic mass is 10.1. The third-order valence-electron chi connectivity index (χ3n) is 3.14. The van der Waals surface area contributed by atoms with E-state index >= 15 is 0 Å². The Morgan fingerprint density at radius 1 is 1.15 bits per heavy atom. The summed E-state index contributed by atoms with van der Waals surface area (Å²) < 4.78 is 0. The average Bonchev–Trinajstić information content (AvgIpc) is 2.53. The summed E-state index contributed by atoms with van der Waals surface area (Å²) in [6.07, 6.45) is 2.61. The topological polar surface area (TPSA) is 76.7 Å². The fourth-order valence-corrected chi connectivity index (χ4v) is 2.07. The number of nitrogen functional groups attached to an aromatic ring is 1. The minimum absolute atomic E-state index is 0.611. The SMILES string of the molecule is CCc1cc(NN)nc(-c2cnc3ccccc3c2)n1. The zero-order chi connectivity index (χ0) is 13.9. The molecule has 0 aliphatic rings. The Bertz CT molecular complexity index is 732. The Morgan fingerprint density at radius 3 is 2.80 bits per heavy atom. The van der Waals surface area contributed by atoms with Crippen LogP contribution in [0.15, 0.2) is 42.6 Å². The Kier molecular flexibility index (Phi) is 3.26. The standard InChI is InChI=1S/C15H15N5/c1-2-12-8-14(20-16)19-15(18-12)11-7-10-5-3-4-6-13(10)17-9-11/h3-9H,2,16H2,1H3,(H,18,19,20). The molecule has 3 N–H and O–H groups in total. The number of fused-ring (bicyclic) bond motifs is 1. The number of hydrogen-bond acceptors (Lipinski definition) is 5. The van der Waals surface area contributed by atoms with E-state index in [1.807, 2.05) is 43.3 Å². The third-order valence-corrected chi connectivity index (χ3v) is 3.14. The van der Waals surface area contributed by atoms with Crippen LogP contribution in [0.4, 0.5) is 5.82 Å². The highest BCUT2D eigenvalue weighted by Gasteiger charge is 2.07. The van der Waals surface area contributed by atoms with Crippen molar-refractivity contribution in [3.63, 3.8) is 0 Å². The van der Waals surface area contributed by atoms with Gasteiger partial charge in [0.25, 0.3) is 0 Å². The number of nitrogens with two attached hydrogens (primary N) is 1. The molecular formula is C15H15N5. The Labute approximate surface area is 116 Å². The van der Waals surface area contributed by atoms with Crippen LogP contribution in [0.2, 0.25) is 0 Å². The van der Waals surface area contributed by atoms with E-state index in [1.165, 1.54) is 0 Å². The average molecular weight is 265 g/mol. The van der Waals surface area contributed by atoms with Gasteiger partial charge in [-0.3, -0.25) is 4.98 Å². The van der Waals surface area contributed by atoms with Crippen LogP contribution in [0, 0.1) is 0 Å². The lowest BCUT2D eigenvalue weighted by Crippen LogP contribution is -2.10. The summed E-state index contributed by atoms with van der Waals surface area (Å²) in [7, 11) is 0. The fourth-order valence-electron chi connectivity index (χ4n) is 2.07. The Hall–Kier alpha value is -2.53. The van der Waals surface area contributed by atoms with E-state index < -0.39 is 0 Å². The van der Waals surface area contributed by atoms with Crippen LogP contribution in [0.3, 0.4) is 0 Å². The number of para-hydroxylation sites is 1. The maximum Gasteiger partial charge on any atom is 0.163 e. The molecule has 0 fully saturated rings. The summed E-state index contributed by atoms with van der Waals surface area (Å²) in [5.74, 6) is 6.70. The lowest BCUT2D eigenvalue weighted by molar-refractivity contribution is 1.00. The quantitative estimate of drug-likeness (QED) is 0.562.